The molecule has 2 N–H and O–H groups in total. The molecule has 0 amide bonds. The normalized spacial score (nSPS) is 19.3. The van der Waals surface area contributed by atoms with E-state index in [1.807, 2.05) is 20.8 Å². The topological polar surface area (TPSA) is 102 Å². The SMILES string of the molecule is CCc1c2c(nc3ccc(O)cc13)-c1cc3c(c(=O)n1C2)COC(=O)[C@]3(O)CC(C)C. The lowest BCUT2D eigenvalue weighted by molar-refractivity contribution is -0.174. The molecule has 0 saturated carbocycles. The van der Waals surface area contributed by atoms with Crippen LogP contribution in [-0.2, 0) is 34.7 Å². The van der Waals surface area contributed by atoms with Crippen LogP contribution in [0.3, 0.4) is 0 Å². The number of pyridine rings is 2. The van der Waals surface area contributed by atoms with Crippen molar-refractivity contribution < 1.29 is 19.7 Å². The number of benzene rings is 1. The van der Waals surface area contributed by atoms with Crippen molar-refractivity contribution >= 4 is 16.9 Å². The van der Waals surface area contributed by atoms with Gasteiger partial charge in [0.2, 0.25) is 0 Å². The fourth-order valence-corrected chi connectivity index (χ4v) is 5.00. The first-order valence-electron chi connectivity index (χ1n) is 10.6. The standard InChI is InChI=1S/C24H24N2O5/c1-4-14-15-7-13(27)5-6-19(15)25-21-16(14)10-26-20(21)8-18-17(22(26)28)11-31-23(29)24(18,30)9-12(2)3/h5-8,12,27,30H,4,9-11H2,1-3H3/t24-/m0/s1. The van der Waals surface area contributed by atoms with Crippen LogP contribution in [0.5, 0.6) is 5.75 Å². The number of fused-ring (bicyclic) bond motifs is 5. The third-order valence-corrected chi connectivity index (χ3v) is 6.33. The highest BCUT2D eigenvalue weighted by molar-refractivity contribution is 5.89. The Morgan fingerprint density at radius 3 is 2.71 bits per heavy atom. The van der Waals surface area contributed by atoms with Gasteiger partial charge in [0.15, 0.2) is 5.60 Å². The van der Waals surface area contributed by atoms with Crippen molar-refractivity contribution in [3.63, 3.8) is 0 Å². The number of aryl methyl sites for hydroxylation is 1. The highest BCUT2D eigenvalue weighted by Crippen LogP contribution is 2.41. The van der Waals surface area contributed by atoms with Crippen LogP contribution >= 0.6 is 0 Å². The van der Waals surface area contributed by atoms with E-state index in [0.29, 0.717) is 35.5 Å². The molecule has 7 nitrogen and oxygen atoms in total. The first-order chi connectivity index (χ1) is 14.7. The number of phenols is 1. The minimum absolute atomic E-state index is 0.0215. The molecule has 3 aromatic rings. The van der Waals surface area contributed by atoms with Crippen molar-refractivity contribution in [1.82, 2.24) is 9.55 Å². The van der Waals surface area contributed by atoms with Crippen LogP contribution in [0.4, 0.5) is 0 Å². The fourth-order valence-electron chi connectivity index (χ4n) is 5.00. The largest absolute Gasteiger partial charge is 0.508 e. The van der Waals surface area contributed by atoms with Gasteiger partial charge in [-0.2, -0.15) is 0 Å². The zero-order chi connectivity index (χ0) is 22.1. The van der Waals surface area contributed by atoms with Gasteiger partial charge in [-0.25, -0.2) is 9.78 Å². The predicted octanol–water partition coefficient (Wildman–Crippen LogP) is 2.98. The minimum Gasteiger partial charge on any atom is -0.508 e. The maximum Gasteiger partial charge on any atom is 0.343 e. The van der Waals surface area contributed by atoms with Crippen LogP contribution in [0.1, 0.15) is 49.4 Å². The quantitative estimate of drug-likeness (QED) is 0.494. The molecule has 160 valence electrons. The van der Waals surface area contributed by atoms with Gasteiger partial charge >= 0.3 is 5.97 Å². The minimum atomic E-state index is -1.85. The van der Waals surface area contributed by atoms with E-state index in [-0.39, 0.29) is 30.3 Å². The summed E-state index contributed by atoms with van der Waals surface area (Å²) in [5, 5.41) is 22.1. The van der Waals surface area contributed by atoms with E-state index in [0.717, 1.165) is 22.0 Å². The Hall–Kier alpha value is -3.19. The van der Waals surface area contributed by atoms with Crippen molar-refractivity contribution in [3.05, 3.63) is 56.9 Å². The maximum absolute atomic E-state index is 13.4. The van der Waals surface area contributed by atoms with Gasteiger partial charge < -0.3 is 19.5 Å². The number of carbonyl (C=O) groups excluding carboxylic acids is 1. The van der Waals surface area contributed by atoms with Crippen molar-refractivity contribution in [2.24, 2.45) is 5.92 Å². The summed E-state index contributed by atoms with van der Waals surface area (Å²) in [6, 6.07) is 6.79. The Morgan fingerprint density at radius 1 is 1.23 bits per heavy atom. The monoisotopic (exact) mass is 420 g/mol. The van der Waals surface area contributed by atoms with Crippen molar-refractivity contribution in [2.75, 3.05) is 0 Å². The number of carbonyl (C=O) groups is 1. The summed E-state index contributed by atoms with van der Waals surface area (Å²) >= 11 is 0. The van der Waals surface area contributed by atoms with E-state index in [1.54, 1.807) is 28.8 Å². The predicted molar refractivity (Wildman–Crippen MR) is 115 cm³/mol. The second kappa shape index (κ2) is 6.65. The van der Waals surface area contributed by atoms with Gasteiger partial charge in [0.1, 0.15) is 12.4 Å². The molecule has 0 aliphatic carbocycles. The molecule has 31 heavy (non-hydrogen) atoms. The summed E-state index contributed by atoms with van der Waals surface area (Å²) in [5.74, 6) is -0.526. The summed E-state index contributed by atoms with van der Waals surface area (Å²) in [6.07, 6.45) is 0.880. The number of cyclic esters (lactones) is 1. The fraction of sp³-hybridized carbons (Fsp3) is 0.375. The average molecular weight is 420 g/mol. The molecule has 0 saturated heterocycles. The number of aromatic hydroxyl groups is 1. The summed E-state index contributed by atoms with van der Waals surface area (Å²) in [5.41, 5.74) is 2.49. The van der Waals surface area contributed by atoms with Crippen LogP contribution in [0, 0.1) is 5.92 Å². The smallest absolute Gasteiger partial charge is 0.343 e. The third-order valence-electron chi connectivity index (χ3n) is 6.33. The first-order valence-corrected chi connectivity index (χ1v) is 10.6. The molecule has 1 atom stereocenters. The summed E-state index contributed by atoms with van der Waals surface area (Å²) in [6.45, 7) is 6.06. The van der Waals surface area contributed by atoms with E-state index >= 15 is 0 Å². The van der Waals surface area contributed by atoms with Gasteiger partial charge in [0, 0.05) is 16.5 Å². The second-order valence-corrected chi connectivity index (χ2v) is 8.82. The van der Waals surface area contributed by atoms with Crippen LogP contribution in [-0.4, -0.2) is 25.7 Å². The van der Waals surface area contributed by atoms with Crippen LogP contribution < -0.4 is 5.56 Å². The number of aromatic nitrogens is 2. The second-order valence-electron chi connectivity index (χ2n) is 8.82. The van der Waals surface area contributed by atoms with E-state index in [9.17, 15) is 19.8 Å². The van der Waals surface area contributed by atoms with Gasteiger partial charge in [0.25, 0.3) is 5.56 Å². The van der Waals surface area contributed by atoms with Gasteiger partial charge in [-0.1, -0.05) is 20.8 Å². The lowest BCUT2D eigenvalue weighted by Crippen LogP contribution is -2.45. The molecule has 0 unspecified atom stereocenters. The lowest BCUT2D eigenvalue weighted by Gasteiger charge is -2.33. The molecular weight excluding hydrogens is 396 g/mol. The molecule has 1 aromatic carbocycles. The summed E-state index contributed by atoms with van der Waals surface area (Å²) in [4.78, 5) is 30.7. The Balaban J connectivity index is 1.80. The molecule has 4 heterocycles. The molecule has 2 aromatic heterocycles. The first kappa shape index (κ1) is 19.8. The Labute approximate surface area is 178 Å². The van der Waals surface area contributed by atoms with E-state index in [1.165, 1.54) is 0 Å². The van der Waals surface area contributed by atoms with Gasteiger partial charge in [-0.05, 0) is 48.6 Å². The van der Waals surface area contributed by atoms with E-state index in [4.69, 9.17) is 9.72 Å². The number of nitrogens with zero attached hydrogens (tertiary/aromatic N) is 2. The van der Waals surface area contributed by atoms with Crippen molar-refractivity contribution in [2.45, 2.75) is 52.4 Å². The number of esters is 1. The number of rotatable bonds is 3. The van der Waals surface area contributed by atoms with Gasteiger partial charge in [0.05, 0.1) is 29.0 Å². The number of hydrogen-bond donors (Lipinski definition) is 2. The molecule has 5 rings (SSSR count). The van der Waals surface area contributed by atoms with Crippen LogP contribution in [0.15, 0.2) is 29.1 Å². The molecule has 0 radical (unpaired) electrons. The highest BCUT2D eigenvalue weighted by Gasteiger charge is 2.47. The van der Waals surface area contributed by atoms with E-state index < -0.39 is 11.6 Å². The highest BCUT2D eigenvalue weighted by atomic mass is 16.6. The lowest BCUT2D eigenvalue weighted by atomic mass is 9.82. The molecule has 2 aliphatic rings. The number of phenolic OH excluding ortho intramolecular Hbond substituents is 1. The molecule has 0 spiro atoms. The molecule has 2 aliphatic heterocycles. The Morgan fingerprint density at radius 2 is 2.00 bits per heavy atom. The Bertz CT molecular complexity index is 1320. The number of hydrogen-bond acceptors (Lipinski definition) is 6. The van der Waals surface area contributed by atoms with Crippen molar-refractivity contribution in [3.8, 4) is 17.1 Å². The average Bonchev–Trinajstić information content (AvgIpc) is 3.08. The van der Waals surface area contributed by atoms with Gasteiger partial charge in [-0.3, -0.25) is 4.79 Å². The number of aliphatic hydroxyl groups is 1. The third kappa shape index (κ3) is 2.73. The Kier molecular flexibility index (Phi) is 4.24. The van der Waals surface area contributed by atoms with Crippen LogP contribution in [0.25, 0.3) is 22.3 Å². The zero-order valence-corrected chi connectivity index (χ0v) is 17.7. The van der Waals surface area contributed by atoms with Crippen molar-refractivity contribution in [1.29, 1.82) is 0 Å². The summed E-state index contributed by atoms with van der Waals surface area (Å²) in [7, 11) is 0. The number of ether oxygens (including phenoxy) is 1. The molecule has 7 heteroatoms. The van der Waals surface area contributed by atoms with Crippen LogP contribution in [0.2, 0.25) is 0 Å². The van der Waals surface area contributed by atoms with Gasteiger partial charge in [-0.15, -0.1) is 0 Å². The zero-order valence-electron chi connectivity index (χ0n) is 17.7. The molecular formula is C24H24N2O5. The maximum atomic E-state index is 13.4. The molecule has 0 fully saturated rings. The molecule has 0 bridgehead atoms. The van der Waals surface area contributed by atoms with E-state index in [2.05, 4.69) is 0 Å². The summed E-state index contributed by atoms with van der Waals surface area (Å²) < 4.78 is 6.86.